The maximum atomic E-state index is 14.4. The molecule has 2 aliphatic rings. The Morgan fingerprint density at radius 2 is 1.26 bits per heavy atom. The van der Waals surface area contributed by atoms with E-state index in [0.717, 1.165) is 25.9 Å². The molecule has 2 aliphatic carbocycles. The molecule has 7 heteroatoms. The highest BCUT2D eigenvalue weighted by atomic mass is 19.4. The second kappa shape index (κ2) is 11.2. The normalized spacial score (nSPS) is 19.6. The van der Waals surface area contributed by atoms with Crippen molar-refractivity contribution in [3.8, 4) is 0 Å². The highest BCUT2D eigenvalue weighted by Gasteiger charge is 2.63. The first kappa shape index (κ1) is 29.0. The summed E-state index contributed by atoms with van der Waals surface area (Å²) in [7, 11) is 0. The Bertz CT molecular complexity index is 1000. The van der Waals surface area contributed by atoms with Crippen LogP contribution in [0.25, 0.3) is 0 Å². The van der Waals surface area contributed by atoms with Crippen molar-refractivity contribution in [2.75, 3.05) is 13.1 Å². The minimum Gasteiger partial charge on any atom is -0.300 e. The van der Waals surface area contributed by atoms with Crippen LogP contribution in [0.1, 0.15) is 87.5 Å². The van der Waals surface area contributed by atoms with Gasteiger partial charge in [0.2, 0.25) is 0 Å². The molecule has 2 aromatic carbocycles. The standard InChI is InChI=1S/C31H39F6N/c1-3-21-38(22-16-24-10-5-4-6-11-24)23(2)14-15-25-26(28(17-8-18-28)30(32,33)34)12-7-13-27(25)29(19-9-20-29)31(35,36)37/h4-7,10-13,23H,3,8-9,14-22H2,1-2H3. The molecule has 0 N–H and O–H groups in total. The van der Waals surface area contributed by atoms with Gasteiger partial charge in [0.15, 0.2) is 0 Å². The average Bonchev–Trinajstić information content (AvgIpc) is 2.78. The molecule has 0 saturated heterocycles. The monoisotopic (exact) mass is 539 g/mol. The molecule has 210 valence electrons. The van der Waals surface area contributed by atoms with Gasteiger partial charge >= 0.3 is 12.4 Å². The van der Waals surface area contributed by atoms with Crippen LogP contribution in [0.2, 0.25) is 0 Å². The molecule has 1 nitrogen and oxygen atoms in total. The zero-order valence-corrected chi connectivity index (χ0v) is 22.4. The lowest BCUT2D eigenvalue weighted by molar-refractivity contribution is -0.215. The smallest absolute Gasteiger partial charge is 0.300 e. The van der Waals surface area contributed by atoms with E-state index in [1.807, 2.05) is 18.2 Å². The molecule has 2 aromatic rings. The Labute approximate surface area is 222 Å². The molecule has 0 heterocycles. The van der Waals surface area contributed by atoms with Crippen LogP contribution in [0.15, 0.2) is 48.5 Å². The van der Waals surface area contributed by atoms with Crippen LogP contribution in [-0.2, 0) is 23.7 Å². The lowest BCUT2D eigenvalue weighted by Gasteiger charge is -2.48. The summed E-state index contributed by atoms with van der Waals surface area (Å²) in [5.41, 5.74) is -2.38. The van der Waals surface area contributed by atoms with Crippen LogP contribution >= 0.6 is 0 Å². The molecule has 38 heavy (non-hydrogen) atoms. The maximum Gasteiger partial charge on any atom is 0.398 e. The zero-order chi connectivity index (χ0) is 27.6. The number of hydrogen-bond acceptors (Lipinski definition) is 1. The first-order valence-electron chi connectivity index (χ1n) is 14.0. The summed E-state index contributed by atoms with van der Waals surface area (Å²) in [6.45, 7) is 5.77. The average molecular weight is 540 g/mol. The summed E-state index contributed by atoms with van der Waals surface area (Å²) < 4.78 is 86.6. The number of benzene rings is 2. The van der Waals surface area contributed by atoms with Gasteiger partial charge in [-0.1, -0.05) is 68.3 Å². The Balaban J connectivity index is 1.65. The first-order chi connectivity index (χ1) is 18.0. The predicted molar refractivity (Wildman–Crippen MR) is 139 cm³/mol. The molecule has 4 rings (SSSR count). The fourth-order valence-electron chi connectivity index (χ4n) is 6.52. The Kier molecular flexibility index (Phi) is 8.56. The highest BCUT2D eigenvalue weighted by molar-refractivity contribution is 5.48. The summed E-state index contributed by atoms with van der Waals surface area (Å²) >= 11 is 0. The van der Waals surface area contributed by atoms with E-state index < -0.39 is 23.2 Å². The molecule has 0 radical (unpaired) electrons. The minimum absolute atomic E-state index is 0.0334. The van der Waals surface area contributed by atoms with E-state index in [4.69, 9.17) is 0 Å². The Hall–Kier alpha value is -2.02. The highest BCUT2D eigenvalue weighted by Crippen LogP contribution is 2.59. The van der Waals surface area contributed by atoms with E-state index in [2.05, 4.69) is 30.9 Å². The van der Waals surface area contributed by atoms with Gasteiger partial charge in [-0.15, -0.1) is 0 Å². The molecule has 2 fully saturated rings. The molecule has 0 bridgehead atoms. The van der Waals surface area contributed by atoms with Gasteiger partial charge in [0.05, 0.1) is 10.8 Å². The van der Waals surface area contributed by atoms with Crippen molar-refractivity contribution in [3.63, 3.8) is 0 Å². The second-order valence-electron chi connectivity index (χ2n) is 11.4. The fraction of sp³-hybridized carbons (Fsp3) is 0.613. The van der Waals surface area contributed by atoms with Crippen LogP contribution in [0.3, 0.4) is 0 Å². The molecule has 2 saturated carbocycles. The lowest BCUT2D eigenvalue weighted by Crippen LogP contribution is -2.51. The third-order valence-electron chi connectivity index (χ3n) is 9.18. The SMILES string of the molecule is CCCN(CCc1ccccc1)C(C)CCc1c(C2(C(F)(F)F)CCC2)cccc1C1(C(F)(F)F)CCC1. The van der Waals surface area contributed by atoms with Gasteiger partial charge in [0.25, 0.3) is 0 Å². The van der Waals surface area contributed by atoms with E-state index in [-0.39, 0.29) is 49.3 Å². The number of alkyl halides is 6. The molecular formula is C31H39F6N. The van der Waals surface area contributed by atoms with Gasteiger partial charge in [-0.25, -0.2) is 0 Å². The van der Waals surface area contributed by atoms with Gasteiger partial charge in [-0.05, 0) is 87.1 Å². The van der Waals surface area contributed by atoms with E-state index >= 15 is 0 Å². The summed E-state index contributed by atoms with van der Waals surface area (Å²) in [5.74, 6) is 0. The second-order valence-corrected chi connectivity index (χ2v) is 11.4. The van der Waals surface area contributed by atoms with Crippen molar-refractivity contribution in [1.82, 2.24) is 4.90 Å². The summed E-state index contributed by atoms with van der Waals surface area (Å²) in [4.78, 5) is 2.32. The van der Waals surface area contributed by atoms with Gasteiger partial charge < -0.3 is 4.90 Å². The van der Waals surface area contributed by atoms with E-state index in [1.165, 1.54) is 23.8 Å². The van der Waals surface area contributed by atoms with Crippen molar-refractivity contribution < 1.29 is 26.3 Å². The van der Waals surface area contributed by atoms with Crippen molar-refractivity contribution in [2.24, 2.45) is 0 Å². The van der Waals surface area contributed by atoms with Crippen LogP contribution in [0.4, 0.5) is 26.3 Å². The lowest BCUT2D eigenvalue weighted by atomic mass is 9.58. The minimum atomic E-state index is -4.49. The van der Waals surface area contributed by atoms with Crippen LogP contribution in [0.5, 0.6) is 0 Å². The summed E-state index contributed by atoms with van der Waals surface area (Å²) in [6, 6.07) is 14.5. The molecular weight excluding hydrogens is 500 g/mol. The van der Waals surface area contributed by atoms with E-state index in [9.17, 15) is 26.3 Å². The van der Waals surface area contributed by atoms with Gasteiger partial charge in [-0.2, -0.15) is 26.3 Å². The van der Waals surface area contributed by atoms with Gasteiger partial charge in [0, 0.05) is 12.6 Å². The van der Waals surface area contributed by atoms with Crippen molar-refractivity contribution in [1.29, 1.82) is 0 Å². The number of rotatable bonds is 11. The summed E-state index contributed by atoms with van der Waals surface area (Å²) in [6.07, 6.45) is -5.81. The van der Waals surface area contributed by atoms with E-state index in [0.29, 0.717) is 24.8 Å². The Morgan fingerprint density at radius 1 is 0.737 bits per heavy atom. The van der Waals surface area contributed by atoms with Crippen LogP contribution in [0, 0.1) is 0 Å². The van der Waals surface area contributed by atoms with Crippen molar-refractivity contribution in [3.05, 3.63) is 70.8 Å². The molecule has 1 atom stereocenters. The topological polar surface area (TPSA) is 3.24 Å². The summed E-state index contributed by atoms with van der Waals surface area (Å²) in [5, 5.41) is 0. The van der Waals surface area contributed by atoms with Crippen LogP contribution < -0.4 is 0 Å². The number of nitrogens with zero attached hydrogens (tertiary/aromatic N) is 1. The third-order valence-corrected chi connectivity index (χ3v) is 9.18. The molecule has 0 amide bonds. The molecule has 1 unspecified atom stereocenters. The molecule has 0 aliphatic heterocycles. The third kappa shape index (κ3) is 5.37. The molecule has 0 aromatic heterocycles. The van der Waals surface area contributed by atoms with Gasteiger partial charge in [0.1, 0.15) is 0 Å². The van der Waals surface area contributed by atoms with Gasteiger partial charge in [-0.3, -0.25) is 0 Å². The number of halogens is 6. The van der Waals surface area contributed by atoms with Crippen LogP contribution in [-0.4, -0.2) is 36.4 Å². The van der Waals surface area contributed by atoms with Crippen molar-refractivity contribution in [2.45, 2.75) is 107 Å². The Morgan fingerprint density at radius 3 is 1.68 bits per heavy atom. The quantitative estimate of drug-likeness (QED) is 0.258. The first-order valence-corrected chi connectivity index (χ1v) is 14.0. The largest absolute Gasteiger partial charge is 0.398 e. The van der Waals surface area contributed by atoms with E-state index in [1.54, 1.807) is 0 Å². The zero-order valence-electron chi connectivity index (χ0n) is 22.4. The fourth-order valence-corrected chi connectivity index (χ4v) is 6.52. The predicted octanol–water partition coefficient (Wildman–Crippen LogP) is 8.93. The molecule has 0 spiro atoms. The number of hydrogen-bond donors (Lipinski definition) is 0. The van der Waals surface area contributed by atoms with Crippen molar-refractivity contribution >= 4 is 0 Å². The maximum absolute atomic E-state index is 14.4.